The van der Waals surface area contributed by atoms with Crippen molar-refractivity contribution in [3.8, 4) is 5.75 Å². The summed E-state index contributed by atoms with van der Waals surface area (Å²) in [4.78, 5) is 0. The highest BCUT2D eigenvalue weighted by Crippen LogP contribution is 2.16. The molecule has 2 aromatic carbocycles. The summed E-state index contributed by atoms with van der Waals surface area (Å²) in [5.41, 5.74) is 9.68. The van der Waals surface area contributed by atoms with E-state index in [1.165, 1.54) is 11.1 Å². The smallest absolute Gasteiger partial charge is 0.119 e. The minimum absolute atomic E-state index is 0.0915. The molecule has 0 aliphatic rings. The first-order valence-electron chi connectivity index (χ1n) is 6.17. The van der Waals surface area contributed by atoms with E-state index < -0.39 is 0 Å². The van der Waals surface area contributed by atoms with Crippen molar-refractivity contribution >= 4 is 0 Å². The molecule has 0 fully saturated rings. The molecule has 0 saturated carbocycles. The second-order valence-electron chi connectivity index (χ2n) is 4.64. The molecule has 0 aromatic heterocycles. The van der Waals surface area contributed by atoms with Gasteiger partial charge in [0, 0.05) is 0 Å². The summed E-state index contributed by atoms with van der Waals surface area (Å²) in [5, 5.41) is 0. The van der Waals surface area contributed by atoms with Gasteiger partial charge in [0.05, 0.1) is 6.04 Å². The van der Waals surface area contributed by atoms with Crippen molar-refractivity contribution in [1.82, 2.24) is 0 Å². The molecule has 0 bridgehead atoms. The van der Waals surface area contributed by atoms with Crippen LogP contribution in [0.1, 0.15) is 22.7 Å². The normalized spacial score (nSPS) is 12.2. The predicted octanol–water partition coefficient (Wildman–Crippen LogP) is 3.38. The molecule has 2 rings (SSSR count). The van der Waals surface area contributed by atoms with Crippen LogP contribution < -0.4 is 10.5 Å². The van der Waals surface area contributed by atoms with Crippen molar-refractivity contribution in [3.05, 3.63) is 65.2 Å². The number of benzene rings is 2. The first kappa shape index (κ1) is 12.7. The number of aryl methyl sites for hydroxylation is 2. The zero-order valence-corrected chi connectivity index (χ0v) is 10.9. The van der Waals surface area contributed by atoms with Gasteiger partial charge in [-0.15, -0.1) is 0 Å². The highest BCUT2D eigenvalue weighted by Gasteiger charge is 2.06. The summed E-state index contributed by atoms with van der Waals surface area (Å²) >= 11 is 0. The summed E-state index contributed by atoms with van der Waals surface area (Å²) in [6, 6.07) is 16.1. The van der Waals surface area contributed by atoms with Crippen LogP contribution in [0.4, 0.5) is 0 Å². The molecule has 1 atom stereocenters. The van der Waals surface area contributed by atoms with E-state index in [-0.39, 0.29) is 6.04 Å². The molecule has 18 heavy (non-hydrogen) atoms. The van der Waals surface area contributed by atoms with E-state index in [1.54, 1.807) is 0 Å². The first-order valence-corrected chi connectivity index (χ1v) is 6.17. The minimum atomic E-state index is -0.0915. The second-order valence-corrected chi connectivity index (χ2v) is 4.64. The summed E-state index contributed by atoms with van der Waals surface area (Å²) in [5.74, 6) is 0.865. The molecule has 0 spiro atoms. The Morgan fingerprint density at radius 2 is 1.72 bits per heavy atom. The van der Waals surface area contributed by atoms with Gasteiger partial charge in [-0.2, -0.15) is 0 Å². The fraction of sp³-hybridized carbons (Fsp3) is 0.250. The number of hydrogen-bond donors (Lipinski definition) is 1. The molecular formula is C16H19NO. The number of hydrogen-bond acceptors (Lipinski definition) is 2. The van der Waals surface area contributed by atoms with Gasteiger partial charge in [-0.25, -0.2) is 0 Å². The van der Waals surface area contributed by atoms with Crippen LogP contribution in [0.5, 0.6) is 5.75 Å². The van der Waals surface area contributed by atoms with E-state index in [2.05, 4.69) is 26.0 Å². The summed E-state index contributed by atoms with van der Waals surface area (Å²) < 4.78 is 5.69. The number of nitrogens with two attached hydrogens (primary N) is 1. The maximum atomic E-state index is 6.12. The maximum Gasteiger partial charge on any atom is 0.119 e. The monoisotopic (exact) mass is 241 g/mol. The van der Waals surface area contributed by atoms with Crippen LogP contribution in [-0.4, -0.2) is 6.61 Å². The van der Waals surface area contributed by atoms with Gasteiger partial charge >= 0.3 is 0 Å². The molecule has 0 saturated heterocycles. The lowest BCUT2D eigenvalue weighted by Crippen LogP contribution is -2.19. The molecule has 2 nitrogen and oxygen atoms in total. The van der Waals surface area contributed by atoms with Crippen molar-refractivity contribution in [3.63, 3.8) is 0 Å². The lowest BCUT2D eigenvalue weighted by molar-refractivity contribution is 0.290. The van der Waals surface area contributed by atoms with Crippen molar-refractivity contribution in [2.75, 3.05) is 6.61 Å². The zero-order valence-electron chi connectivity index (χ0n) is 10.9. The van der Waals surface area contributed by atoms with Crippen LogP contribution in [0, 0.1) is 13.8 Å². The van der Waals surface area contributed by atoms with E-state index in [0.29, 0.717) is 6.61 Å². The first-order chi connectivity index (χ1) is 8.65. The molecular weight excluding hydrogens is 222 g/mol. The molecule has 0 heterocycles. The van der Waals surface area contributed by atoms with Crippen LogP contribution in [0.15, 0.2) is 48.5 Å². The zero-order chi connectivity index (χ0) is 13.0. The third kappa shape index (κ3) is 3.34. The predicted molar refractivity (Wildman–Crippen MR) is 74.8 cm³/mol. The number of ether oxygens (including phenoxy) is 1. The lowest BCUT2D eigenvalue weighted by atomic mass is 10.1. The topological polar surface area (TPSA) is 35.2 Å². The molecule has 94 valence electrons. The molecule has 2 heteroatoms. The van der Waals surface area contributed by atoms with Gasteiger partial charge in [0.25, 0.3) is 0 Å². The second kappa shape index (κ2) is 5.69. The minimum Gasteiger partial charge on any atom is -0.492 e. The largest absolute Gasteiger partial charge is 0.492 e. The quantitative estimate of drug-likeness (QED) is 0.890. The Morgan fingerprint density at radius 3 is 2.39 bits per heavy atom. The Labute approximate surface area is 108 Å². The Bertz CT molecular complexity index is 505. The van der Waals surface area contributed by atoms with Crippen LogP contribution in [0.25, 0.3) is 0 Å². The Hall–Kier alpha value is -1.80. The molecule has 0 amide bonds. The van der Waals surface area contributed by atoms with Crippen LogP contribution in [0.3, 0.4) is 0 Å². The lowest BCUT2D eigenvalue weighted by Gasteiger charge is -2.14. The standard InChI is InChI=1S/C16H19NO/c1-12-6-8-15(9-7-12)18-11-16(17)14-5-3-4-13(2)10-14/h3-10,16H,11,17H2,1-2H3. The van der Waals surface area contributed by atoms with Gasteiger partial charge in [0.2, 0.25) is 0 Å². The van der Waals surface area contributed by atoms with Gasteiger partial charge in [0.1, 0.15) is 12.4 Å². The van der Waals surface area contributed by atoms with Gasteiger partial charge in [-0.3, -0.25) is 0 Å². The van der Waals surface area contributed by atoms with Crippen LogP contribution >= 0.6 is 0 Å². The maximum absolute atomic E-state index is 6.12. The van der Waals surface area contributed by atoms with E-state index in [1.807, 2.05) is 36.4 Å². The van der Waals surface area contributed by atoms with Crippen LogP contribution in [0.2, 0.25) is 0 Å². The molecule has 1 unspecified atom stereocenters. The molecule has 2 N–H and O–H groups in total. The Morgan fingerprint density at radius 1 is 1.00 bits per heavy atom. The van der Waals surface area contributed by atoms with Gasteiger partial charge in [0.15, 0.2) is 0 Å². The van der Waals surface area contributed by atoms with Crippen molar-refractivity contribution in [2.45, 2.75) is 19.9 Å². The molecule has 0 aliphatic heterocycles. The third-order valence-electron chi connectivity index (χ3n) is 2.92. The van der Waals surface area contributed by atoms with E-state index >= 15 is 0 Å². The molecule has 2 aromatic rings. The Kier molecular flexibility index (Phi) is 4.00. The van der Waals surface area contributed by atoms with Gasteiger partial charge in [-0.1, -0.05) is 47.5 Å². The van der Waals surface area contributed by atoms with E-state index in [9.17, 15) is 0 Å². The molecule has 0 radical (unpaired) electrons. The average Bonchev–Trinajstić information content (AvgIpc) is 2.38. The van der Waals surface area contributed by atoms with Crippen molar-refractivity contribution in [1.29, 1.82) is 0 Å². The van der Waals surface area contributed by atoms with Gasteiger partial charge < -0.3 is 10.5 Å². The van der Waals surface area contributed by atoms with E-state index in [0.717, 1.165) is 11.3 Å². The highest BCUT2D eigenvalue weighted by atomic mass is 16.5. The Balaban J connectivity index is 1.96. The summed E-state index contributed by atoms with van der Waals surface area (Å²) in [6.45, 7) is 4.62. The summed E-state index contributed by atoms with van der Waals surface area (Å²) in [7, 11) is 0. The van der Waals surface area contributed by atoms with E-state index in [4.69, 9.17) is 10.5 Å². The van der Waals surface area contributed by atoms with Crippen molar-refractivity contribution < 1.29 is 4.74 Å². The SMILES string of the molecule is Cc1ccc(OCC(N)c2cccc(C)c2)cc1. The third-order valence-corrected chi connectivity index (χ3v) is 2.92. The van der Waals surface area contributed by atoms with Gasteiger partial charge in [-0.05, 0) is 31.5 Å². The molecule has 0 aliphatic carbocycles. The fourth-order valence-electron chi connectivity index (χ4n) is 1.82. The highest BCUT2D eigenvalue weighted by molar-refractivity contribution is 5.27. The fourth-order valence-corrected chi connectivity index (χ4v) is 1.82. The summed E-state index contributed by atoms with van der Waals surface area (Å²) in [6.07, 6.45) is 0. The number of rotatable bonds is 4. The van der Waals surface area contributed by atoms with Crippen LogP contribution in [-0.2, 0) is 0 Å². The van der Waals surface area contributed by atoms with Crippen molar-refractivity contribution in [2.24, 2.45) is 5.73 Å². The average molecular weight is 241 g/mol.